The van der Waals surface area contributed by atoms with Crippen molar-refractivity contribution in [3.05, 3.63) is 52.6 Å². The van der Waals surface area contributed by atoms with Crippen molar-refractivity contribution in [2.75, 3.05) is 11.5 Å². The molecular weight excluding hydrogens is 453 g/mol. The number of amides is 1. The van der Waals surface area contributed by atoms with Gasteiger partial charge < -0.3 is 14.1 Å². The molecule has 1 amide bonds. The monoisotopic (exact) mass is 473 g/mol. The largest absolute Gasteiger partial charge is 0.478 e. The van der Waals surface area contributed by atoms with Crippen LogP contribution in [0.3, 0.4) is 0 Å². The Balaban J connectivity index is 1.84. The maximum Gasteiger partial charge on any atom is 0.264 e. The number of carbonyl (C=O) groups excluding carboxylic acids is 1. The summed E-state index contributed by atoms with van der Waals surface area (Å²) in [6.45, 7) is 1.87. The van der Waals surface area contributed by atoms with Crippen LogP contribution in [0.4, 0.5) is 4.39 Å². The van der Waals surface area contributed by atoms with Gasteiger partial charge in [-0.3, -0.25) is 4.79 Å². The van der Waals surface area contributed by atoms with E-state index in [-0.39, 0.29) is 29.7 Å². The number of hydrogen-bond donors (Lipinski definition) is 0. The Bertz CT molecular complexity index is 945. The molecule has 1 aliphatic rings. The van der Waals surface area contributed by atoms with Crippen LogP contribution in [0.2, 0.25) is 0 Å². The van der Waals surface area contributed by atoms with Crippen LogP contribution in [0.25, 0.3) is 0 Å². The molecule has 28 heavy (non-hydrogen) atoms. The van der Waals surface area contributed by atoms with E-state index in [1.807, 2.05) is 0 Å². The standard InChI is InChI=1S/C19H21BrFNO5S/c1-2-16(27-17-6-4-3-5-15(17)21)19(23)22(11-14-7-8-18(20)26-14)13-9-10-28(24,25)12-13/h3-8,13,16H,2,9-12H2,1H3/t13-,16+/m0/s1. The Kier molecular flexibility index (Phi) is 6.44. The molecule has 1 fully saturated rings. The summed E-state index contributed by atoms with van der Waals surface area (Å²) >= 11 is 3.22. The van der Waals surface area contributed by atoms with Crippen LogP contribution in [-0.2, 0) is 21.2 Å². The van der Waals surface area contributed by atoms with Crippen molar-refractivity contribution in [1.29, 1.82) is 0 Å². The van der Waals surface area contributed by atoms with Gasteiger partial charge in [-0.05, 0) is 53.0 Å². The molecule has 9 heteroatoms. The van der Waals surface area contributed by atoms with Crippen LogP contribution in [0.5, 0.6) is 5.75 Å². The normalized spacial score (nSPS) is 19.3. The van der Waals surface area contributed by atoms with Crippen LogP contribution in [0.1, 0.15) is 25.5 Å². The van der Waals surface area contributed by atoms with E-state index in [1.165, 1.54) is 23.1 Å². The van der Waals surface area contributed by atoms with Crippen molar-refractivity contribution in [3.8, 4) is 5.75 Å². The Morgan fingerprint density at radius 1 is 1.36 bits per heavy atom. The molecule has 0 aliphatic carbocycles. The molecule has 3 rings (SSSR count). The summed E-state index contributed by atoms with van der Waals surface area (Å²) in [4.78, 5) is 14.7. The van der Waals surface area contributed by atoms with Crippen LogP contribution < -0.4 is 4.74 Å². The molecule has 0 radical (unpaired) electrons. The van der Waals surface area contributed by atoms with E-state index in [1.54, 1.807) is 25.1 Å². The summed E-state index contributed by atoms with van der Waals surface area (Å²) in [6.07, 6.45) is -0.268. The highest BCUT2D eigenvalue weighted by Crippen LogP contribution is 2.25. The fourth-order valence-corrected chi connectivity index (χ4v) is 5.27. The summed E-state index contributed by atoms with van der Waals surface area (Å²) in [5.41, 5.74) is 0. The topological polar surface area (TPSA) is 76.8 Å². The molecule has 1 saturated heterocycles. The van der Waals surface area contributed by atoms with Gasteiger partial charge in [0.1, 0.15) is 5.76 Å². The van der Waals surface area contributed by atoms with Gasteiger partial charge in [0, 0.05) is 6.04 Å². The second-order valence-electron chi connectivity index (χ2n) is 6.67. The van der Waals surface area contributed by atoms with Gasteiger partial charge in [0.25, 0.3) is 5.91 Å². The Labute approximate surface area is 171 Å². The average Bonchev–Trinajstić information content (AvgIpc) is 3.23. The molecule has 1 aromatic carbocycles. The maximum absolute atomic E-state index is 14.0. The number of nitrogens with zero attached hydrogens (tertiary/aromatic N) is 1. The molecule has 0 bridgehead atoms. The van der Waals surface area contributed by atoms with Gasteiger partial charge in [-0.25, -0.2) is 12.8 Å². The van der Waals surface area contributed by atoms with E-state index in [4.69, 9.17) is 9.15 Å². The first kappa shape index (κ1) is 20.9. The quantitative estimate of drug-likeness (QED) is 0.614. The van der Waals surface area contributed by atoms with Crippen LogP contribution in [0.15, 0.2) is 45.5 Å². The smallest absolute Gasteiger partial charge is 0.264 e. The predicted octanol–water partition coefficient (Wildman–Crippen LogP) is 3.55. The van der Waals surface area contributed by atoms with Gasteiger partial charge in [0.2, 0.25) is 0 Å². The van der Waals surface area contributed by atoms with E-state index < -0.39 is 27.8 Å². The lowest BCUT2D eigenvalue weighted by Crippen LogP contribution is -2.47. The number of halogens is 2. The highest BCUT2D eigenvalue weighted by atomic mass is 79.9. The number of sulfone groups is 1. The number of benzene rings is 1. The Hall–Kier alpha value is -1.87. The third-order valence-corrected chi connectivity index (χ3v) is 6.82. The lowest BCUT2D eigenvalue weighted by atomic mass is 10.1. The fraction of sp³-hybridized carbons (Fsp3) is 0.421. The first-order valence-corrected chi connectivity index (χ1v) is 11.6. The van der Waals surface area contributed by atoms with E-state index in [9.17, 15) is 17.6 Å². The molecule has 6 nitrogen and oxygen atoms in total. The zero-order valence-electron chi connectivity index (χ0n) is 15.3. The molecule has 1 aromatic heterocycles. The molecule has 1 aliphatic heterocycles. The van der Waals surface area contributed by atoms with Gasteiger partial charge in [0.15, 0.2) is 32.2 Å². The third-order valence-electron chi connectivity index (χ3n) is 4.64. The number of carbonyl (C=O) groups is 1. The van der Waals surface area contributed by atoms with E-state index in [0.717, 1.165) is 0 Å². The summed E-state index contributed by atoms with van der Waals surface area (Å²) < 4.78 is 49.5. The number of rotatable bonds is 7. The summed E-state index contributed by atoms with van der Waals surface area (Å²) in [5, 5.41) is 0. The second kappa shape index (κ2) is 8.65. The Morgan fingerprint density at radius 3 is 2.68 bits per heavy atom. The van der Waals surface area contributed by atoms with Gasteiger partial charge in [-0.1, -0.05) is 19.1 Å². The SMILES string of the molecule is CC[C@@H](Oc1ccccc1F)C(=O)N(Cc1ccc(Br)o1)[C@H]1CCS(=O)(=O)C1. The van der Waals surface area contributed by atoms with Crippen molar-refractivity contribution in [2.45, 2.75) is 38.5 Å². The highest BCUT2D eigenvalue weighted by molar-refractivity contribution is 9.10. The number of para-hydroxylation sites is 1. The molecular formula is C19H21BrFNO5S. The van der Waals surface area contributed by atoms with Gasteiger partial charge in [-0.15, -0.1) is 0 Å². The molecule has 0 N–H and O–H groups in total. The van der Waals surface area contributed by atoms with Crippen molar-refractivity contribution >= 4 is 31.7 Å². The predicted molar refractivity (Wildman–Crippen MR) is 105 cm³/mol. The van der Waals surface area contributed by atoms with Gasteiger partial charge >= 0.3 is 0 Å². The van der Waals surface area contributed by atoms with E-state index in [2.05, 4.69) is 15.9 Å². The molecule has 2 atom stereocenters. The average molecular weight is 474 g/mol. The minimum absolute atomic E-state index is 0.0116. The van der Waals surface area contributed by atoms with Crippen LogP contribution in [0, 0.1) is 5.82 Å². The molecule has 0 unspecified atom stereocenters. The minimum atomic E-state index is -3.19. The highest BCUT2D eigenvalue weighted by Gasteiger charge is 2.38. The van der Waals surface area contributed by atoms with E-state index in [0.29, 0.717) is 23.3 Å². The lowest BCUT2D eigenvalue weighted by molar-refractivity contribution is -0.142. The number of furan rings is 1. The van der Waals surface area contributed by atoms with Crippen molar-refractivity contribution < 1.29 is 26.8 Å². The Morgan fingerprint density at radius 2 is 2.11 bits per heavy atom. The number of ether oxygens (including phenoxy) is 1. The molecule has 0 spiro atoms. The maximum atomic E-state index is 14.0. The van der Waals surface area contributed by atoms with Crippen LogP contribution in [-0.4, -0.2) is 42.9 Å². The number of hydrogen-bond acceptors (Lipinski definition) is 5. The molecule has 2 aromatic rings. The van der Waals surface area contributed by atoms with Crippen molar-refractivity contribution in [3.63, 3.8) is 0 Å². The van der Waals surface area contributed by atoms with Gasteiger partial charge in [0.05, 0.1) is 18.1 Å². The van der Waals surface area contributed by atoms with E-state index >= 15 is 0 Å². The summed E-state index contributed by atoms with van der Waals surface area (Å²) in [6, 6.07) is 8.82. The first-order chi connectivity index (χ1) is 13.3. The van der Waals surface area contributed by atoms with Crippen LogP contribution >= 0.6 is 15.9 Å². The second-order valence-corrected chi connectivity index (χ2v) is 9.68. The lowest BCUT2D eigenvalue weighted by Gasteiger charge is -2.31. The minimum Gasteiger partial charge on any atom is -0.478 e. The molecule has 2 heterocycles. The zero-order valence-corrected chi connectivity index (χ0v) is 17.7. The summed E-state index contributed by atoms with van der Waals surface area (Å²) in [7, 11) is -3.19. The fourth-order valence-electron chi connectivity index (χ4n) is 3.20. The zero-order chi connectivity index (χ0) is 20.3. The van der Waals surface area contributed by atoms with Crippen molar-refractivity contribution in [1.82, 2.24) is 4.90 Å². The third kappa shape index (κ3) is 4.94. The summed E-state index contributed by atoms with van der Waals surface area (Å²) in [5.74, 6) is -0.503. The van der Waals surface area contributed by atoms with Crippen molar-refractivity contribution in [2.24, 2.45) is 0 Å². The first-order valence-electron chi connectivity index (χ1n) is 8.95. The van der Waals surface area contributed by atoms with Gasteiger partial charge in [-0.2, -0.15) is 0 Å². The molecule has 152 valence electrons. The molecule has 0 saturated carbocycles.